The van der Waals surface area contributed by atoms with Crippen LogP contribution in [0.2, 0.25) is 0 Å². The summed E-state index contributed by atoms with van der Waals surface area (Å²) in [7, 11) is -3.66. The van der Waals surface area contributed by atoms with Crippen molar-refractivity contribution >= 4 is 38.9 Å². The van der Waals surface area contributed by atoms with Gasteiger partial charge in [0.1, 0.15) is 10.3 Å². The number of nitrogens with zero attached hydrogens (tertiary/aromatic N) is 1. The average molecular weight is 422 g/mol. The number of benzene rings is 1. The number of carbonyl (C=O) groups is 2. The second kappa shape index (κ2) is 8.42. The molecule has 1 atom stereocenters. The number of hydrogen-bond acceptors (Lipinski definition) is 5. The highest BCUT2D eigenvalue weighted by Crippen LogP contribution is 2.30. The van der Waals surface area contributed by atoms with E-state index in [4.69, 9.17) is 0 Å². The van der Waals surface area contributed by atoms with E-state index in [9.17, 15) is 18.0 Å². The SMILES string of the molecule is CC(=O)Nc1ccc(CNC(=O)[C@@H]2CCCN2S(=O)(=O)c2ccc(C)s2)cc1. The maximum absolute atomic E-state index is 12.9. The lowest BCUT2D eigenvalue weighted by Gasteiger charge is -2.22. The first-order chi connectivity index (χ1) is 13.3. The number of anilines is 1. The van der Waals surface area contributed by atoms with Crippen molar-refractivity contribution in [1.82, 2.24) is 9.62 Å². The van der Waals surface area contributed by atoms with Crippen molar-refractivity contribution < 1.29 is 18.0 Å². The second-order valence-electron chi connectivity index (χ2n) is 6.73. The van der Waals surface area contributed by atoms with Gasteiger partial charge < -0.3 is 10.6 Å². The summed E-state index contributed by atoms with van der Waals surface area (Å²) in [6, 6.07) is 9.81. The molecule has 1 saturated heterocycles. The lowest BCUT2D eigenvalue weighted by atomic mass is 10.2. The van der Waals surface area contributed by atoms with Crippen molar-refractivity contribution in [3.8, 4) is 0 Å². The van der Waals surface area contributed by atoms with E-state index in [0.717, 1.165) is 10.4 Å². The monoisotopic (exact) mass is 421 g/mol. The maximum Gasteiger partial charge on any atom is 0.253 e. The van der Waals surface area contributed by atoms with Crippen LogP contribution in [0.5, 0.6) is 0 Å². The minimum absolute atomic E-state index is 0.149. The Hall–Kier alpha value is -2.23. The molecule has 1 aliphatic heterocycles. The van der Waals surface area contributed by atoms with Gasteiger partial charge in [-0.25, -0.2) is 8.42 Å². The minimum atomic E-state index is -3.66. The highest BCUT2D eigenvalue weighted by molar-refractivity contribution is 7.91. The highest BCUT2D eigenvalue weighted by atomic mass is 32.2. The fraction of sp³-hybridized carbons (Fsp3) is 0.368. The molecule has 150 valence electrons. The minimum Gasteiger partial charge on any atom is -0.351 e. The lowest BCUT2D eigenvalue weighted by molar-refractivity contribution is -0.124. The summed E-state index contributed by atoms with van der Waals surface area (Å²) in [5, 5.41) is 5.51. The smallest absolute Gasteiger partial charge is 0.253 e. The second-order valence-corrected chi connectivity index (χ2v) is 10.1. The van der Waals surface area contributed by atoms with Crippen LogP contribution in [0.15, 0.2) is 40.6 Å². The van der Waals surface area contributed by atoms with Crippen molar-refractivity contribution in [3.63, 3.8) is 0 Å². The molecule has 1 aromatic carbocycles. The number of thiophene rings is 1. The van der Waals surface area contributed by atoms with Crippen molar-refractivity contribution in [1.29, 1.82) is 0 Å². The number of hydrogen-bond donors (Lipinski definition) is 2. The third kappa shape index (κ3) is 4.60. The third-order valence-electron chi connectivity index (χ3n) is 4.53. The molecule has 2 aromatic rings. The van der Waals surface area contributed by atoms with E-state index in [0.29, 0.717) is 31.6 Å². The van der Waals surface area contributed by atoms with Gasteiger partial charge in [-0.3, -0.25) is 9.59 Å². The first kappa shape index (κ1) is 20.5. The Labute approximate surface area is 168 Å². The summed E-state index contributed by atoms with van der Waals surface area (Å²) in [5.41, 5.74) is 1.55. The van der Waals surface area contributed by atoms with E-state index in [1.807, 2.05) is 19.1 Å². The molecule has 0 bridgehead atoms. The normalized spacial score (nSPS) is 17.4. The topological polar surface area (TPSA) is 95.6 Å². The first-order valence-electron chi connectivity index (χ1n) is 9.00. The van der Waals surface area contributed by atoms with Crippen LogP contribution in [0, 0.1) is 6.92 Å². The van der Waals surface area contributed by atoms with Crippen LogP contribution in [0.1, 0.15) is 30.2 Å². The van der Waals surface area contributed by atoms with Gasteiger partial charge in [-0.2, -0.15) is 4.31 Å². The summed E-state index contributed by atoms with van der Waals surface area (Å²) >= 11 is 1.22. The summed E-state index contributed by atoms with van der Waals surface area (Å²) in [5.74, 6) is -0.440. The van der Waals surface area contributed by atoms with Gasteiger partial charge in [-0.05, 0) is 49.6 Å². The molecule has 1 fully saturated rings. The van der Waals surface area contributed by atoms with Gasteiger partial charge in [-0.1, -0.05) is 12.1 Å². The molecule has 0 aliphatic carbocycles. The van der Waals surface area contributed by atoms with E-state index in [2.05, 4.69) is 10.6 Å². The Morgan fingerprint density at radius 3 is 2.50 bits per heavy atom. The van der Waals surface area contributed by atoms with Crippen LogP contribution in [-0.2, 0) is 26.2 Å². The molecule has 1 aromatic heterocycles. The van der Waals surface area contributed by atoms with E-state index >= 15 is 0 Å². The fourth-order valence-corrected chi connectivity index (χ4v) is 6.24. The number of amides is 2. The van der Waals surface area contributed by atoms with Gasteiger partial charge in [0.15, 0.2) is 0 Å². The van der Waals surface area contributed by atoms with Crippen LogP contribution in [0.4, 0.5) is 5.69 Å². The van der Waals surface area contributed by atoms with Crippen molar-refractivity contribution in [2.45, 2.75) is 43.5 Å². The van der Waals surface area contributed by atoms with Crippen molar-refractivity contribution in [3.05, 3.63) is 46.8 Å². The summed E-state index contributed by atoms with van der Waals surface area (Å²) in [6.45, 7) is 3.94. The number of sulfonamides is 1. The van der Waals surface area contributed by atoms with Crippen LogP contribution in [0.25, 0.3) is 0 Å². The van der Waals surface area contributed by atoms with E-state index in [1.54, 1.807) is 24.3 Å². The largest absolute Gasteiger partial charge is 0.351 e. The van der Waals surface area contributed by atoms with E-state index in [1.165, 1.54) is 22.6 Å². The van der Waals surface area contributed by atoms with Crippen LogP contribution in [0.3, 0.4) is 0 Å². The fourth-order valence-electron chi connectivity index (χ4n) is 3.17. The molecule has 2 heterocycles. The lowest BCUT2D eigenvalue weighted by Crippen LogP contribution is -2.45. The molecule has 9 heteroatoms. The zero-order valence-electron chi connectivity index (χ0n) is 15.8. The third-order valence-corrected chi connectivity index (χ3v) is 7.90. The number of nitrogens with one attached hydrogen (secondary N) is 2. The molecule has 2 amide bonds. The predicted octanol–water partition coefficient (Wildman–Crippen LogP) is 2.48. The zero-order valence-corrected chi connectivity index (χ0v) is 17.4. The Morgan fingerprint density at radius 1 is 1.18 bits per heavy atom. The molecule has 0 unspecified atom stereocenters. The van der Waals surface area contributed by atoms with E-state index in [-0.39, 0.29) is 16.0 Å². The molecule has 2 N–H and O–H groups in total. The van der Waals surface area contributed by atoms with Crippen LogP contribution in [-0.4, -0.2) is 37.1 Å². The van der Waals surface area contributed by atoms with Gasteiger partial charge in [0.25, 0.3) is 10.0 Å². The van der Waals surface area contributed by atoms with E-state index < -0.39 is 16.1 Å². The van der Waals surface area contributed by atoms with Crippen LogP contribution >= 0.6 is 11.3 Å². The number of rotatable bonds is 6. The Balaban J connectivity index is 1.64. The number of carbonyl (C=O) groups excluding carboxylic acids is 2. The predicted molar refractivity (Wildman–Crippen MR) is 109 cm³/mol. The Morgan fingerprint density at radius 2 is 1.89 bits per heavy atom. The van der Waals surface area contributed by atoms with Gasteiger partial charge in [0.2, 0.25) is 11.8 Å². The van der Waals surface area contributed by atoms with Gasteiger partial charge >= 0.3 is 0 Å². The van der Waals surface area contributed by atoms with Gasteiger partial charge in [-0.15, -0.1) is 11.3 Å². The quantitative estimate of drug-likeness (QED) is 0.749. The summed E-state index contributed by atoms with van der Waals surface area (Å²) in [6.07, 6.45) is 1.17. The molecule has 7 nitrogen and oxygen atoms in total. The summed E-state index contributed by atoms with van der Waals surface area (Å²) < 4.78 is 27.4. The molecular formula is C19H23N3O4S2. The molecular weight excluding hydrogens is 398 g/mol. The van der Waals surface area contributed by atoms with Gasteiger partial charge in [0.05, 0.1) is 0 Å². The number of aryl methyl sites for hydroxylation is 1. The van der Waals surface area contributed by atoms with Crippen molar-refractivity contribution in [2.24, 2.45) is 0 Å². The molecule has 1 aliphatic rings. The first-order valence-corrected chi connectivity index (χ1v) is 11.3. The molecule has 0 saturated carbocycles. The zero-order chi connectivity index (χ0) is 20.3. The molecule has 28 heavy (non-hydrogen) atoms. The Bertz CT molecular complexity index is 967. The van der Waals surface area contributed by atoms with Crippen molar-refractivity contribution in [2.75, 3.05) is 11.9 Å². The summed E-state index contributed by atoms with van der Waals surface area (Å²) in [4.78, 5) is 24.6. The maximum atomic E-state index is 12.9. The van der Waals surface area contributed by atoms with Gasteiger partial charge in [0, 0.05) is 30.6 Å². The van der Waals surface area contributed by atoms with Crippen LogP contribution < -0.4 is 10.6 Å². The Kier molecular flexibility index (Phi) is 6.17. The average Bonchev–Trinajstić information content (AvgIpc) is 3.30. The standard InChI is InChI=1S/C19H23N3O4S2/c1-13-5-10-18(27-13)28(25,26)22-11-3-4-17(22)19(24)20-12-15-6-8-16(9-7-15)21-14(2)23/h5-10,17H,3-4,11-12H2,1-2H3,(H,20,24)(H,21,23)/t17-/m0/s1. The molecule has 3 rings (SSSR count). The molecule has 0 radical (unpaired) electrons. The molecule has 0 spiro atoms. The highest BCUT2D eigenvalue weighted by Gasteiger charge is 2.39.